The van der Waals surface area contributed by atoms with Crippen molar-refractivity contribution in [1.82, 2.24) is 5.06 Å². The Kier molecular flexibility index (Phi) is 26.4. The van der Waals surface area contributed by atoms with Gasteiger partial charge in [-0.25, -0.2) is 0 Å². The number of rotatable bonds is 32. The number of hydroxylamine groups is 2. The molecule has 1 saturated carbocycles. The average Bonchev–Trinajstić information content (AvgIpc) is 3.59. The average molecular weight is 670 g/mol. The van der Waals surface area contributed by atoms with Gasteiger partial charge in [-0.3, -0.25) is 4.84 Å². The van der Waals surface area contributed by atoms with Gasteiger partial charge in [0.2, 0.25) is 0 Å². The Morgan fingerprint density at radius 1 is 0.500 bits per heavy atom. The van der Waals surface area contributed by atoms with Crippen molar-refractivity contribution < 1.29 is 14.3 Å². The second kappa shape index (κ2) is 29.5. The van der Waals surface area contributed by atoms with Crippen LogP contribution in [0.5, 0.6) is 0 Å². The van der Waals surface area contributed by atoms with Crippen LogP contribution in [0.1, 0.15) is 194 Å². The molecule has 2 rings (SSSR count). The molecule has 0 aromatic heterocycles. The first-order chi connectivity index (χ1) is 23.6. The molecule has 4 heteroatoms. The van der Waals surface area contributed by atoms with Gasteiger partial charge in [0.05, 0.1) is 18.3 Å². The molecule has 48 heavy (non-hydrogen) atoms. The van der Waals surface area contributed by atoms with Gasteiger partial charge < -0.3 is 9.47 Å². The van der Waals surface area contributed by atoms with Gasteiger partial charge in [-0.05, 0) is 77.0 Å². The molecule has 278 valence electrons. The normalized spacial score (nSPS) is 23.0. The first-order valence-electron chi connectivity index (χ1n) is 20.9. The number of allylic oxidation sites excluding steroid dienone is 8. The zero-order valence-electron chi connectivity index (χ0n) is 32.3. The third-order valence-electron chi connectivity index (χ3n) is 10.0. The van der Waals surface area contributed by atoms with Crippen LogP contribution < -0.4 is 0 Å². The summed E-state index contributed by atoms with van der Waals surface area (Å²) in [6, 6.07) is 0. The molecular weight excluding hydrogens is 590 g/mol. The summed E-state index contributed by atoms with van der Waals surface area (Å²) in [5.41, 5.74) is 0. The molecule has 1 aliphatic heterocycles. The van der Waals surface area contributed by atoms with Gasteiger partial charge >= 0.3 is 0 Å². The van der Waals surface area contributed by atoms with Gasteiger partial charge in [0, 0.05) is 39.8 Å². The third-order valence-corrected chi connectivity index (χ3v) is 10.0. The minimum atomic E-state index is -0.358. The molecule has 1 saturated heterocycles. The van der Waals surface area contributed by atoms with Crippen LogP contribution >= 0.6 is 0 Å². The molecule has 1 heterocycles. The molecule has 4 nitrogen and oxygen atoms in total. The van der Waals surface area contributed by atoms with E-state index in [1.54, 1.807) is 0 Å². The molecule has 1 aliphatic carbocycles. The zero-order chi connectivity index (χ0) is 34.4. The summed E-state index contributed by atoms with van der Waals surface area (Å²) in [6.45, 7) is 4.54. The Morgan fingerprint density at radius 2 is 0.854 bits per heavy atom. The first-order valence-corrected chi connectivity index (χ1v) is 20.9. The topological polar surface area (TPSA) is 30.9 Å². The lowest BCUT2D eigenvalue weighted by Crippen LogP contribution is -2.33. The first kappa shape index (κ1) is 43.0. The second-order valence-electron chi connectivity index (χ2n) is 14.9. The largest absolute Gasteiger partial charge is 0.344 e. The van der Waals surface area contributed by atoms with E-state index in [0.717, 1.165) is 38.5 Å². The van der Waals surface area contributed by atoms with Gasteiger partial charge in [0.25, 0.3) is 0 Å². The molecule has 0 N–H and O–H groups in total. The van der Waals surface area contributed by atoms with Crippen molar-refractivity contribution in [3.63, 3.8) is 0 Å². The van der Waals surface area contributed by atoms with Crippen molar-refractivity contribution in [2.75, 3.05) is 14.1 Å². The van der Waals surface area contributed by atoms with Crippen molar-refractivity contribution in [2.45, 2.75) is 218 Å². The van der Waals surface area contributed by atoms with Crippen molar-refractivity contribution in [3.8, 4) is 0 Å². The fourth-order valence-corrected chi connectivity index (χ4v) is 7.26. The van der Waals surface area contributed by atoms with E-state index in [1.807, 2.05) is 19.2 Å². The summed E-state index contributed by atoms with van der Waals surface area (Å²) in [4.78, 5) is 5.96. The zero-order valence-corrected chi connectivity index (χ0v) is 32.3. The van der Waals surface area contributed by atoms with Crippen LogP contribution in [-0.2, 0) is 14.3 Å². The number of ether oxygens (including phenoxy) is 2. The van der Waals surface area contributed by atoms with Gasteiger partial charge in [0.1, 0.15) is 0 Å². The highest BCUT2D eigenvalue weighted by molar-refractivity contribution is 4.95. The van der Waals surface area contributed by atoms with Crippen LogP contribution in [0.4, 0.5) is 0 Å². The molecule has 2 atom stereocenters. The van der Waals surface area contributed by atoms with E-state index in [-0.39, 0.29) is 24.1 Å². The summed E-state index contributed by atoms with van der Waals surface area (Å²) in [5.74, 6) is -0.358. The standard InChI is InChI=1S/C44H79NO3/c1-5-7-9-11-13-15-17-19-21-23-25-27-29-31-33-35-37-44(46-42-39-41(48-45(3)4)40-43(42)47-44)38-36-34-32-30-28-26-24-22-20-18-16-14-12-10-8-6-2/h13-16,19-22,41-43H,5-12,17-18,23-40H2,1-4H3. The molecule has 2 unspecified atom stereocenters. The van der Waals surface area contributed by atoms with E-state index in [4.69, 9.17) is 14.3 Å². The molecule has 0 aromatic rings. The molecule has 0 aromatic carbocycles. The van der Waals surface area contributed by atoms with Gasteiger partial charge in [0.15, 0.2) is 5.79 Å². The highest BCUT2D eigenvalue weighted by atomic mass is 16.8. The Bertz CT molecular complexity index is 782. The lowest BCUT2D eigenvalue weighted by atomic mass is 9.98. The van der Waals surface area contributed by atoms with E-state index >= 15 is 0 Å². The third kappa shape index (κ3) is 21.8. The van der Waals surface area contributed by atoms with E-state index in [2.05, 4.69) is 62.5 Å². The van der Waals surface area contributed by atoms with E-state index in [9.17, 15) is 0 Å². The predicted molar refractivity (Wildman–Crippen MR) is 208 cm³/mol. The lowest BCUT2D eigenvalue weighted by Gasteiger charge is -2.30. The van der Waals surface area contributed by atoms with Crippen LogP contribution in [0.15, 0.2) is 48.6 Å². The van der Waals surface area contributed by atoms with Crippen molar-refractivity contribution in [3.05, 3.63) is 48.6 Å². The Labute approximate surface area is 299 Å². The minimum Gasteiger partial charge on any atom is -0.344 e. The van der Waals surface area contributed by atoms with Crippen LogP contribution in [0.2, 0.25) is 0 Å². The summed E-state index contributed by atoms with van der Waals surface area (Å²) in [5, 5.41) is 1.83. The van der Waals surface area contributed by atoms with E-state index in [0.29, 0.717) is 0 Å². The highest BCUT2D eigenvalue weighted by Gasteiger charge is 2.51. The molecule has 0 radical (unpaired) electrons. The molecule has 0 spiro atoms. The predicted octanol–water partition coefficient (Wildman–Crippen LogP) is 13.5. The van der Waals surface area contributed by atoms with Crippen LogP contribution in [0.3, 0.4) is 0 Å². The quantitative estimate of drug-likeness (QED) is 0.0405. The monoisotopic (exact) mass is 670 g/mol. The number of hydrogen-bond acceptors (Lipinski definition) is 4. The van der Waals surface area contributed by atoms with Gasteiger partial charge in [-0.1, -0.05) is 140 Å². The molecule has 2 fully saturated rings. The maximum atomic E-state index is 6.79. The summed E-state index contributed by atoms with van der Waals surface area (Å²) in [7, 11) is 3.94. The van der Waals surface area contributed by atoms with E-state index in [1.165, 1.54) is 141 Å². The second-order valence-corrected chi connectivity index (χ2v) is 14.9. The molecule has 2 aliphatic rings. The number of unbranched alkanes of at least 4 members (excludes halogenated alkanes) is 18. The summed E-state index contributed by atoms with van der Waals surface area (Å²) < 4.78 is 13.6. The minimum absolute atomic E-state index is 0.198. The van der Waals surface area contributed by atoms with Gasteiger partial charge in [-0.15, -0.1) is 0 Å². The smallest absolute Gasteiger partial charge is 0.169 e. The van der Waals surface area contributed by atoms with Crippen molar-refractivity contribution >= 4 is 0 Å². The SMILES string of the molecule is CCCCCC=CCC=CCCCCCCCCC1(CCCCCCCCC=CCC=CCCCCC)OC2CC(ON(C)C)CC2O1. The summed E-state index contributed by atoms with van der Waals surface area (Å²) in [6.07, 6.45) is 54.3. The maximum Gasteiger partial charge on any atom is 0.169 e. The fourth-order valence-electron chi connectivity index (χ4n) is 7.26. The Balaban J connectivity index is 1.57. The van der Waals surface area contributed by atoms with Crippen molar-refractivity contribution in [1.29, 1.82) is 0 Å². The fraction of sp³-hybridized carbons (Fsp3) is 0.818. The lowest BCUT2D eigenvalue weighted by molar-refractivity contribution is -0.213. The van der Waals surface area contributed by atoms with Crippen molar-refractivity contribution in [2.24, 2.45) is 0 Å². The number of fused-ring (bicyclic) bond motifs is 1. The van der Waals surface area contributed by atoms with Gasteiger partial charge in [-0.2, -0.15) is 5.06 Å². The highest BCUT2D eigenvalue weighted by Crippen LogP contribution is 2.44. The van der Waals surface area contributed by atoms with Crippen LogP contribution in [0, 0.1) is 0 Å². The molecule has 0 bridgehead atoms. The maximum absolute atomic E-state index is 6.79. The molecular formula is C44H79NO3. The Hall–Kier alpha value is -1.20. The summed E-state index contributed by atoms with van der Waals surface area (Å²) >= 11 is 0. The molecule has 0 amide bonds. The van der Waals surface area contributed by atoms with Crippen LogP contribution in [0.25, 0.3) is 0 Å². The Morgan fingerprint density at radius 3 is 1.23 bits per heavy atom. The number of hydrogen-bond donors (Lipinski definition) is 0. The van der Waals surface area contributed by atoms with E-state index < -0.39 is 0 Å². The number of nitrogens with zero attached hydrogens (tertiary/aromatic N) is 1. The van der Waals surface area contributed by atoms with Crippen LogP contribution in [-0.4, -0.2) is 43.3 Å².